The Morgan fingerprint density at radius 1 is 0.895 bits per heavy atom. The number of benzene rings is 2. The van der Waals surface area contributed by atoms with E-state index in [1.165, 1.54) is 6.07 Å². The molecular formula is C15H17NO2S. The van der Waals surface area contributed by atoms with Crippen LogP contribution in [-0.2, 0) is 15.4 Å². The zero-order valence-corrected chi connectivity index (χ0v) is 11.8. The van der Waals surface area contributed by atoms with Crippen LogP contribution in [0.15, 0.2) is 59.5 Å². The molecule has 0 bridgehead atoms. The van der Waals surface area contributed by atoms with Gasteiger partial charge in [0.1, 0.15) is 0 Å². The zero-order valence-electron chi connectivity index (χ0n) is 11.0. The second-order valence-corrected chi connectivity index (χ2v) is 6.63. The summed E-state index contributed by atoms with van der Waals surface area (Å²) >= 11 is 0. The van der Waals surface area contributed by atoms with Gasteiger partial charge >= 0.3 is 0 Å². The third-order valence-corrected chi connectivity index (χ3v) is 4.29. The lowest BCUT2D eigenvalue weighted by atomic mass is 9.78. The van der Waals surface area contributed by atoms with Gasteiger partial charge in [-0.2, -0.15) is 0 Å². The van der Waals surface area contributed by atoms with E-state index in [1.54, 1.807) is 12.1 Å². The quantitative estimate of drug-likeness (QED) is 0.936. The van der Waals surface area contributed by atoms with E-state index in [1.807, 2.05) is 36.4 Å². The first-order chi connectivity index (χ1) is 8.82. The van der Waals surface area contributed by atoms with E-state index >= 15 is 0 Å². The molecule has 4 heteroatoms. The molecule has 0 unspecified atom stereocenters. The van der Waals surface area contributed by atoms with Crippen molar-refractivity contribution < 1.29 is 8.42 Å². The highest BCUT2D eigenvalue weighted by Gasteiger charge is 2.24. The number of nitrogens with two attached hydrogens (primary N) is 1. The van der Waals surface area contributed by atoms with Crippen molar-refractivity contribution in [2.75, 3.05) is 0 Å². The lowest BCUT2D eigenvalue weighted by Crippen LogP contribution is -2.20. The molecule has 19 heavy (non-hydrogen) atoms. The van der Waals surface area contributed by atoms with Crippen LogP contribution in [0.3, 0.4) is 0 Å². The summed E-state index contributed by atoms with van der Waals surface area (Å²) in [6, 6.07) is 16.8. The maximum Gasteiger partial charge on any atom is 0.238 e. The van der Waals surface area contributed by atoms with E-state index in [2.05, 4.69) is 13.8 Å². The van der Waals surface area contributed by atoms with Gasteiger partial charge in [0, 0.05) is 5.41 Å². The summed E-state index contributed by atoms with van der Waals surface area (Å²) in [5.41, 5.74) is 1.77. The molecule has 0 aliphatic rings. The van der Waals surface area contributed by atoms with Crippen LogP contribution in [-0.4, -0.2) is 8.42 Å². The molecule has 2 aromatic rings. The van der Waals surface area contributed by atoms with Crippen molar-refractivity contribution in [3.05, 3.63) is 65.7 Å². The molecule has 0 aliphatic heterocycles. The van der Waals surface area contributed by atoms with Crippen LogP contribution in [0, 0.1) is 0 Å². The fourth-order valence-corrected chi connectivity index (χ4v) is 2.64. The smallest absolute Gasteiger partial charge is 0.225 e. The minimum atomic E-state index is -3.67. The van der Waals surface area contributed by atoms with Gasteiger partial charge in [-0.3, -0.25) is 0 Å². The van der Waals surface area contributed by atoms with Crippen molar-refractivity contribution in [1.29, 1.82) is 0 Å². The number of rotatable bonds is 3. The molecule has 0 aromatic heterocycles. The monoisotopic (exact) mass is 275 g/mol. The van der Waals surface area contributed by atoms with Gasteiger partial charge in [-0.25, -0.2) is 13.6 Å². The molecule has 0 amide bonds. The molecule has 2 aromatic carbocycles. The second kappa shape index (κ2) is 4.79. The Bertz CT molecular complexity index is 676. The largest absolute Gasteiger partial charge is 0.238 e. The van der Waals surface area contributed by atoms with E-state index in [4.69, 9.17) is 5.14 Å². The summed E-state index contributed by atoms with van der Waals surface area (Å²) in [6.07, 6.45) is 0. The molecule has 0 aliphatic carbocycles. The normalized spacial score (nSPS) is 12.4. The molecule has 2 N–H and O–H groups in total. The third kappa shape index (κ3) is 2.85. The van der Waals surface area contributed by atoms with Crippen LogP contribution < -0.4 is 5.14 Å². The van der Waals surface area contributed by atoms with Crippen molar-refractivity contribution in [3.8, 4) is 0 Å². The molecule has 0 radical (unpaired) electrons. The summed E-state index contributed by atoms with van der Waals surface area (Å²) < 4.78 is 22.9. The lowest BCUT2D eigenvalue weighted by Gasteiger charge is -2.26. The zero-order chi connectivity index (χ0) is 14.1. The van der Waals surface area contributed by atoms with E-state index < -0.39 is 10.0 Å². The minimum absolute atomic E-state index is 0.147. The number of sulfonamides is 1. The van der Waals surface area contributed by atoms with Crippen molar-refractivity contribution in [1.82, 2.24) is 0 Å². The summed E-state index contributed by atoms with van der Waals surface area (Å²) in [5.74, 6) is 0. The van der Waals surface area contributed by atoms with Gasteiger partial charge in [0.25, 0.3) is 0 Å². The molecule has 0 saturated heterocycles. The first-order valence-corrected chi connectivity index (χ1v) is 7.55. The lowest BCUT2D eigenvalue weighted by molar-refractivity contribution is 0.596. The van der Waals surface area contributed by atoms with E-state index in [9.17, 15) is 8.42 Å². The predicted octanol–water partition coefficient (Wildman–Crippen LogP) is 2.66. The molecule has 0 saturated carbocycles. The summed E-state index contributed by atoms with van der Waals surface area (Å²) in [7, 11) is -3.67. The Kier molecular flexibility index (Phi) is 3.47. The van der Waals surface area contributed by atoms with E-state index in [-0.39, 0.29) is 10.3 Å². The fraction of sp³-hybridized carbons (Fsp3) is 0.200. The highest BCUT2D eigenvalue weighted by Crippen LogP contribution is 2.32. The van der Waals surface area contributed by atoms with Crippen LogP contribution >= 0.6 is 0 Å². The van der Waals surface area contributed by atoms with Gasteiger partial charge in [0.2, 0.25) is 10.0 Å². The Balaban J connectivity index is 2.53. The van der Waals surface area contributed by atoms with Crippen LogP contribution in [0.25, 0.3) is 0 Å². The second-order valence-electron chi connectivity index (χ2n) is 5.06. The SMILES string of the molecule is CC(C)(c1ccccc1)c1cccc(S(N)(=O)=O)c1. The van der Waals surface area contributed by atoms with Crippen molar-refractivity contribution in [2.45, 2.75) is 24.2 Å². The fourth-order valence-electron chi connectivity index (χ4n) is 2.08. The Labute approximate surface area is 114 Å². The highest BCUT2D eigenvalue weighted by atomic mass is 32.2. The van der Waals surface area contributed by atoms with Gasteiger partial charge in [-0.05, 0) is 23.3 Å². The maximum absolute atomic E-state index is 11.4. The van der Waals surface area contributed by atoms with Crippen LogP contribution in [0.4, 0.5) is 0 Å². The summed E-state index contributed by atoms with van der Waals surface area (Å²) in [5, 5.41) is 5.18. The molecule has 100 valence electrons. The number of primary sulfonamides is 1. The van der Waals surface area contributed by atoms with Gasteiger partial charge in [-0.15, -0.1) is 0 Å². The van der Waals surface area contributed by atoms with Crippen molar-refractivity contribution >= 4 is 10.0 Å². The first kappa shape index (κ1) is 13.8. The molecule has 0 spiro atoms. The Morgan fingerprint density at radius 3 is 2.05 bits per heavy atom. The van der Waals surface area contributed by atoms with Crippen LogP contribution in [0.5, 0.6) is 0 Å². The molecule has 0 atom stereocenters. The topological polar surface area (TPSA) is 60.2 Å². The van der Waals surface area contributed by atoms with Gasteiger partial charge in [-0.1, -0.05) is 56.3 Å². The molecule has 3 nitrogen and oxygen atoms in total. The molecule has 0 heterocycles. The van der Waals surface area contributed by atoms with Gasteiger partial charge in [0.05, 0.1) is 4.90 Å². The average Bonchev–Trinajstić information content (AvgIpc) is 2.39. The molecular weight excluding hydrogens is 258 g/mol. The van der Waals surface area contributed by atoms with Crippen LogP contribution in [0.2, 0.25) is 0 Å². The number of hydrogen-bond acceptors (Lipinski definition) is 2. The standard InChI is InChI=1S/C15H17NO2S/c1-15(2,12-7-4-3-5-8-12)13-9-6-10-14(11-13)19(16,17)18/h3-11H,1-2H3,(H2,16,17,18). The molecule has 0 fully saturated rings. The predicted molar refractivity (Wildman–Crippen MR) is 76.4 cm³/mol. The third-order valence-electron chi connectivity index (χ3n) is 3.38. The Hall–Kier alpha value is -1.65. The minimum Gasteiger partial charge on any atom is -0.225 e. The summed E-state index contributed by atoms with van der Waals surface area (Å²) in [6.45, 7) is 4.12. The summed E-state index contributed by atoms with van der Waals surface area (Å²) in [4.78, 5) is 0.147. The van der Waals surface area contributed by atoms with Gasteiger partial charge in [0.15, 0.2) is 0 Å². The average molecular weight is 275 g/mol. The van der Waals surface area contributed by atoms with E-state index in [0.717, 1.165) is 11.1 Å². The number of hydrogen-bond donors (Lipinski definition) is 1. The van der Waals surface area contributed by atoms with E-state index in [0.29, 0.717) is 0 Å². The molecule has 2 rings (SSSR count). The first-order valence-electron chi connectivity index (χ1n) is 6.01. The Morgan fingerprint density at radius 2 is 1.47 bits per heavy atom. The van der Waals surface area contributed by atoms with Crippen LogP contribution in [0.1, 0.15) is 25.0 Å². The van der Waals surface area contributed by atoms with Gasteiger partial charge < -0.3 is 0 Å². The van der Waals surface area contributed by atoms with Crippen molar-refractivity contribution in [3.63, 3.8) is 0 Å². The van der Waals surface area contributed by atoms with Crippen molar-refractivity contribution in [2.24, 2.45) is 5.14 Å². The maximum atomic E-state index is 11.4. The highest BCUT2D eigenvalue weighted by molar-refractivity contribution is 7.89.